The molecule has 0 aromatic carbocycles. The van der Waals surface area contributed by atoms with Crippen LogP contribution >= 0.6 is 0 Å². The first-order valence-electron chi connectivity index (χ1n) is 4.26. The standard InChI is InChI=1S/C9H15N3O/c1-11(2)6-4-8(13)9-10-5-7-12(9)3/h5,7H,4,6H2,1-3H3. The van der Waals surface area contributed by atoms with Gasteiger partial charge in [-0.1, -0.05) is 0 Å². The molecule has 0 saturated heterocycles. The minimum atomic E-state index is 0.0983. The van der Waals surface area contributed by atoms with Gasteiger partial charge in [0.15, 0.2) is 11.6 Å². The summed E-state index contributed by atoms with van der Waals surface area (Å²) in [6.07, 6.45) is 3.95. The fourth-order valence-electron chi connectivity index (χ4n) is 1.07. The van der Waals surface area contributed by atoms with Crippen molar-refractivity contribution in [3.05, 3.63) is 18.2 Å². The third kappa shape index (κ3) is 2.66. The Morgan fingerprint density at radius 1 is 1.62 bits per heavy atom. The monoisotopic (exact) mass is 181 g/mol. The number of imidazole rings is 1. The van der Waals surface area contributed by atoms with Gasteiger partial charge in [0.2, 0.25) is 0 Å². The van der Waals surface area contributed by atoms with Crippen LogP contribution in [0.4, 0.5) is 0 Å². The molecule has 0 bridgehead atoms. The molecule has 0 fully saturated rings. The molecule has 0 amide bonds. The number of carbonyl (C=O) groups is 1. The maximum absolute atomic E-state index is 11.5. The maximum Gasteiger partial charge on any atom is 0.199 e. The highest BCUT2D eigenvalue weighted by Gasteiger charge is 2.10. The van der Waals surface area contributed by atoms with E-state index in [1.807, 2.05) is 26.0 Å². The van der Waals surface area contributed by atoms with Gasteiger partial charge >= 0.3 is 0 Å². The Morgan fingerprint density at radius 3 is 2.77 bits per heavy atom. The first-order valence-corrected chi connectivity index (χ1v) is 4.26. The zero-order valence-corrected chi connectivity index (χ0v) is 8.32. The molecule has 0 aliphatic rings. The van der Waals surface area contributed by atoms with Crippen LogP contribution in [0.2, 0.25) is 0 Å². The first kappa shape index (κ1) is 9.92. The topological polar surface area (TPSA) is 38.1 Å². The van der Waals surface area contributed by atoms with Crippen LogP contribution in [-0.2, 0) is 7.05 Å². The number of aromatic nitrogens is 2. The Labute approximate surface area is 78.2 Å². The SMILES string of the molecule is CN(C)CCC(=O)c1nccn1C. The zero-order valence-electron chi connectivity index (χ0n) is 8.32. The summed E-state index contributed by atoms with van der Waals surface area (Å²) in [5.41, 5.74) is 0. The van der Waals surface area contributed by atoms with E-state index in [1.165, 1.54) is 0 Å². The predicted octanol–water partition coefficient (Wildman–Crippen LogP) is 0.554. The lowest BCUT2D eigenvalue weighted by atomic mass is 10.2. The van der Waals surface area contributed by atoms with Crippen LogP contribution in [-0.4, -0.2) is 40.9 Å². The van der Waals surface area contributed by atoms with Gasteiger partial charge < -0.3 is 9.47 Å². The van der Waals surface area contributed by atoms with E-state index in [0.717, 1.165) is 6.54 Å². The summed E-state index contributed by atoms with van der Waals surface area (Å²) in [6.45, 7) is 0.770. The van der Waals surface area contributed by atoms with Crippen molar-refractivity contribution in [3.63, 3.8) is 0 Å². The quantitative estimate of drug-likeness (QED) is 0.637. The third-order valence-corrected chi connectivity index (χ3v) is 1.86. The maximum atomic E-state index is 11.5. The number of nitrogens with zero attached hydrogens (tertiary/aromatic N) is 3. The summed E-state index contributed by atoms with van der Waals surface area (Å²) in [4.78, 5) is 17.5. The molecule has 72 valence electrons. The number of rotatable bonds is 4. The highest BCUT2D eigenvalue weighted by Crippen LogP contribution is 1.99. The van der Waals surface area contributed by atoms with Crippen molar-refractivity contribution in [2.45, 2.75) is 6.42 Å². The van der Waals surface area contributed by atoms with Gasteiger partial charge in [-0.15, -0.1) is 0 Å². The van der Waals surface area contributed by atoms with Gasteiger partial charge in [-0.25, -0.2) is 4.98 Å². The Balaban J connectivity index is 2.54. The van der Waals surface area contributed by atoms with E-state index in [-0.39, 0.29) is 5.78 Å². The van der Waals surface area contributed by atoms with Crippen molar-refractivity contribution in [2.24, 2.45) is 7.05 Å². The van der Waals surface area contributed by atoms with Crippen molar-refractivity contribution < 1.29 is 4.79 Å². The van der Waals surface area contributed by atoms with E-state index in [9.17, 15) is 4.79 Å². The van der Waals surface area contributed by atoms with Crippen LogP contribution in [0.5, 0.6) is 0 Å². The van der Waals surface area contributed by atoms with Crippen LogP contribution in [0, 0.1) is 0 Å². The van der Waals surface area contributed by atoms with Gasteiger partial charge in [0.25, 0.3) is 0 Å². The van der Waals surface area contributed by atoms with Crippen molar-refractivity contribution in [1.29, 1.82) is 0 Å². The Kier molecular flexibility index (Phi) is 3.19. The average Bonchev–Trinajstić information content (AvgIpc) is 2.47. The van der Waals surface area contributed by atoms with Gasteiger partial charge in [0, 0.05) is 32.4 Å². The molecule has 4 heteroatoms. The van der Waals surface area contributed by atoms with Crippen molar-refractivity contribution in [2.75, 3.05) is 20.6 Å². The minimum Gasteiger partial charge on any atom is -0.332 e. The fourth-order valence-corrected chi connectivity index (χ4v) is 1.07. The first-order chi connectivity index (χ1) is 6.11. The number of ketones is 1. The van der Waals surface area contributed by atoms with Crippen LogP contribution < -0.4 is 0 Å². The Morgan fingerprint density at radius 2 is 2.31 bits per heavy atom. The van der Waals surface area contributed by atoms with Crippen molar-refractivity contribution in [3.8, 4) is 0 Å². The molecular formula is C9H15N3O. The molecule has 0 spiro atoms. The van der Waals surface area contributed by atoms with E-state index in [0.29, 0.717) is 12.2 Å². The molecule has 0 radical (unpaired) electrons. The summed E-state index contributed by atoms with van der Waals surface area (Å²) in [7, 11) is 5.73. The van der Waals surface area contributed by atoms with E-state index < -0.39 is 0 Å². The summed E-state index contributed by atoms with van der Waals surface area (Å²) in [6, 6.07) is 0. The lowest BCUT2D eigenvalue weighted by Gasteiger charge is -2.07. The van der Waals surface area contributed by atoms with Crippen LogP contribution in [0.25, 0.3) is 0 Å². The van der Waals surface area contributed by atoms with E-state index in [1.54, 1.807) is 17.0 Å². The minimum absolute atomic E-state index is 0.0983. The molecule has 13 heavy (non-hydrogen) atoms. The van der Waals surface area contributed by atoms with Crippen LogP contribution in [0.3, 0.4) is 0 Å². The molecule has 0 unspecified atom stereocenters. The number of Topliss-reactive ketones (excluding diaryl/α,β-unsaturated/α-hetero) is 1. The molecule has 1 rings (SSSR count). The van der Waals surface area contributed by atoms with Crippen LogP contribution in [0.15, 0.2) is 12.4 Å². The molecule has 0 saturated carbocycles. The normalized spacial score (nSPS) is 10.8. The van der Waals surface area contributed by atoms with Gasteiger partial charge in [0.05, 0.1) is 0 Å². The molecule has 1 aromatic rings. The molecule has 0 atom stereocenters. The zero-order chi connectivity index (χ0) is 9.84. The smallest absolute Gasteiger partial charge is 0.199 e. The molecule has 0 aliphatic heterocycles. The van der Waals surface area contributed by atoms with Gasteiger partial charge in [-0.2, -0.15) is 0 Å². The van der Waals surface area contributed by atoms with Crippen molar-refractivity contribution >= 4 is 5.78 Å². The number of aryl methyl sites for hydroxylation is 1. The van der Waals surface area contributed by atoms with E-state index >= 15 is 0 Å². The fraction of sp³-hybridized carbons (Fsp3) is 0.556. The highest BCUT2D eigenvalue weighted by atomic mass is 16.1. The Hall–Kier alpha value is -1.16. The second kappa shape index (κ2) is 4.18. The molecule has 4 nitrogen and oxygen atoms in total. The highest BCUT2D eigenvalue weighted by molar-refractivity contribution is 5.92. The summed E-state index contributed by atoms with van der Waals surface area (Å²) in [5.74, 6) is 0.642. The lowest BCUT2D eigenvalue weighted by Crippen LogP contribution is -2.18. The van der Waals surface area contributed by atoms with E-state index in [2.05, 4.69) is 4.98 Å². The largest absolute Gasteiger partial charge is 0.332 e. The second-order valence-electron chi connectivity index (χ2n) is 3.34. The van der Waals surface area contributed by atoms with E-state index in [4.69, 9.17) is 0 Å². The summed E-state index contributed by atoms with van der Waals surface area (Å²) in [5, 5.41) is 0. The molecular weight excluding hydrogens is 166 g/mol. The predicted molar refractivity (Wildman–Crippen MR) is 50.7 cm³/mol. The van der Waals surface area contributed by atoms with Gasteiger partial charge in [0.1, 0.15) is 0 Å². The molecule has 0 N–H and O–H groups in total. The number of carbonyl (C=O) groups excluding carboxylic acids is 1. The second-order valence-corrected chi connectivity index (χ2v) is 3.34. The molecule has 1 aromatic heterocycles. The van der Waals surface area contributed by atoms with Gasteiger partial charge in [-0.05, 0) is 14.1 Å². The summed E-state index contributed by atoms with van der Waals surface area (Å²) >= 11 is 0. The third-order valence-electron chi connectivity index (χ3n) is 1.86. The van der Waals surface area contributed by atoms with Gasteiger partial charge in [-0.3, -0.25) is 4.79 Å². The number of hydrogen-bond donors (Lipinski definition) is 0. The Bertz CT molecular complexity index is 291. The summed E-state index contributed by atoms with van der Waals surface area (Å²) < 4.78 is 1.75. The van der Waals surface area contributed by atoms with Crippen molar-refractivity contribution in [1.82, 2.24) is 14.5 Å². The average molecular weight is 181 g/mol. The molecule has 1 heterocycles. The molecule has 0 aliphatic carbocycles. The number of hydrogen-bond acceptors (Lipinski definition) is 3. The van der Waals surface area contributed by atoms with Crippen LogP contribution in [0.1, 0.15) is 17.0 Å². The lowest BCUT2D eigenvalue weighted by molar-refractivity contribution is 0.0959.